The van der Waals surface area contributed by atoms with E-state index in [-0.39, 0.29) is 24.1 Å². The van der Waals surface area contributed by atoms with Crippen LogP contribution in [0.5, 0.6) is 5.88 Å². The zero-order valence-corrected chi connectivity index (χ0v) is 13.5. The van der Waals surface area contributed by atoms with Gasteiger partial charge in [0.05, 0.1) is 23.5 Å². The van der Waals surface area contributed by atoms with Crippen LogP contribution in [-0.4, -0.2) is 36.9 Å². The maximum absolute atomic E-state index is 12.4. The molecule has 23 heavy (non-hydrogen) atoms. The van der Waals surface area contributed by atoms with E-state index in [1.54, 1.807) is 24.3 Å². The van der Waals surface area contributed by atoms with Crippen molar-refractivity contribution in [2.45, 2.75) is 11.0 Å². The quantitative estimate of drug-likeness (QED) is 0.843. The van der Waals surface area contributed by atoms with Crippen LogP contribution in [0, 0.1) is 11.3 Å². The fourth-order valence-corrected chi connectivity index (χ4v) is 3.94. The fourth-order valence-electron chi connectivity index (χ4n) is 2.13. The van der Waals surface area contributed by atoms with Gasteiger partial charge in [0.25, 0.3) is 0 Å². The van der Waals surface area contributed by atoms with Gasteiger partial charge >= 0.3 is 0 Å². The van der Waals surface area contributed by atoms with E-state index in [1.165, 1.54) is 22.6 Å². The molecule has 0 unspecified atom stereocenters. The van der Waals surface area contributed by atoms with Crippen molar-refractivity contribution in [3.63, 3.8) is 0 Å². The van der Waals surface area contributed by atoms with Gasteiger partial charge in [-0.25, -0.2) is 13.4 Å². The highest BCUT2D eigenvalue weighted by Gasteiger charge is 2.38. The van der Waals surface area contributed by atoms with Crippen molar-refractivity contribution in [2.24, 2.45) is 0 Å². The van der Waals surface area contributed by atoms with E-state index in [0.29, 0.717) is 16.5 Å². The Balaban J connectivity index is 1.63. The Bertz CT molecular complexity index is 856. The lowest BCUT2D eigenvalue weighted by Crippen LogP contribution is -2.56. The molecule has 1 aliphatic heterocycles. The number of hydrogen-bond acceptors (Lipinski definition) is 5. The summed E-state index contributed by atoms with van der Waals surface area (Å²) in [5.41, 5.74) is 0.441. The van der Waals surface area contributed by atoms with Crippen LogP contribution in [0.15, 0.2) is 47.5 Å². The van der Waals surface area contributed by atoms with E-state index < -0.39 is 10.0 Å². The van der Waals surface area contributed by atoms with Crippen molar-refractivity contribution in [1.82, 2.24) is 9.29 Å². The highest BCUT2D eigenvalue weighted by atomic mass is 35.5. The normalized spacial score (nSPS) is 15.7. The van der Waals surface area contributed by atoms with Crippen LogP contribution < -0.4 is 4.74 Å². The van der Waals surface area contributed by atoms with Crippen molar-refractivity contribution in [1.29, 1.82) is 5.26 Å². The number of nitrogens with zero attached hydrogens (tertiary/aromatic N) is 3. The number of ether oxygens (including phenoxy) is 1. The van der Waals surface area contributed by atoms with Crippen LogP contribution in [0.3, 0.4) is 0 Å². The summed E-state index contributed by atoms with van der Waals surface area (Å²) >= 11 is 5.84. The third-order valence-electron chi connectivity index (χ3n) is 3.40. The molecular weight excluding hydrogens is 338 g/mol. The third kappa shape index (κ3) is 3.29. The maximum Gasteiger partial charge on any atom is 0.243 e. The second-order valence-corrected chi connectivity index (χ2v) is 7.39. The lowest BCUT2D eigenvalue weighted by molar-refractivity contribution is 0.0721. The van der Waals surface area contributed by atoms with Gasteiger partial charge in [-0.05, 0) is 24.3 Å². The molecule has 1 aromatic heterocycles. The Morgan fingerprint density at radius 1 is 1.30 bits per heavy atom. The zero-order chi connectivity index (χ0) is 16.4. The topological polar surface area (TPSA) is 83.3 Å². The number of pyridine rings is 1. The zero-order valence-electron chi connectivity index (χ0n) is 11.9. The molecule has 118 valence electrons. The van der Waals surface area contributed by atoms with Crippen molar-refractivity contribution in [3.8, 4) is 11.9 Å². The molecular formula is C15H12ClN3O3S. The summed E-state index contributed by atoms with van der Waals surface area (Å²) in [6.07, 6.45) is 1.15. The number of aromatic nitrogens is 1. The molecule has 0 radical (unpaired) electrons. The van der Waals surface area contributed by atoms with Crippen LogP contribution in [-0.2, 0) is 10.0 Å². The summed E-state index contributed by atoms with van der Waals surface area (Å²) < 4.78 is 31.7. The standard InChI is InChI=1S/C15H12ClN3O3S/c16-12-2-1-3-14(6-12)23(20,21)19-9-13(10-19)22-15-5-4-11(7-17)8-18-15/h1-6,8,13H,9-10H2. The monoisotopic (exact) mass is 349 g/mol. The van der Waals surface area contributed by atoms with Crippen molar-refractivity contribution < 1.29 is 13.2 Å². The minimum Gasteiger partial charge on any atom is -0.472 e. The molecule has 2 heterocycles. The van der Waals surface area contributed by atoms with Gasteiger partial charge in [0.2, 0.25) is 15.9 Å². The Kier molecular flexibility index (Phi) is 4.22. The molecule has 8 heteroatoms. The molecule has 0 atom stereocenters. The molecule has 0 aliphatic carbocycles. The van der Waals surface area contributed by atoms with Gasteiger partial charge in [-0.2, -0.15) is 9.57 Å². The van der Waals surface area contributed by atoms with E-state index in [2.05, 4.69) is 4.98 Å². The van der Waals surface area contributed by atoms with Crippen LogP contribution in [0.4, 0.5) is 0 Å². The number of sulfonamides is 1. The van der Waals surface area contributed by atoms with Gasteiger partial charge in [-0.15, -0.1) is 0 Å². The van der Waals surface area contributed by atoms with Crippen LogP contribution >= 0.6 is 11.6 Å². The third-order valence-corrected chi connectivity index (χ3v) is 5.46. The molecule has 3 rings (SSSR count). The lowest BCUT2D eigenvalue weighted by atomic mass is 10.2. The summed E-state index contributed by atoms with van der Waals surface area (Å²) in [6.45, 7) is 0.493. The van der Waals surface area contributed by atoms with Crippen LogP contribution in [0.2, 0.25) is 5.02 Å². The second-order valence-electron chi connectivity index (χ2n) is 5.02. The van der Waals surface area contributed by atoms with Gasteiger partial charge in [-0.1, -0.05) is 17.7 Å². The average molecular weight is 350 g/mol. The van der Waals surface area contributed by atoms with Crippen LogP contribution in [0.25, 0.3) is 0 Å². The van der Waals surface area contributed by atoms with E-state index >= 15 is 0 Å². The molecule has 1 aromatic carbocycles. The van der Waals surface area contributed by atoms with E-state index in [4.69, 9.17) is 21.6 Å². The Morgan fingerprint density at radius 2 is 2.09 bits per heavy atom. The molecule has 0 spiro atoms. The fraction of sp³-hybridized carbons (Fsp3) is 0.200. The molecule has 0 bridgehead atoms. The molecule has 2 aromatic rings. The smallest absolute Gasteiger partial charge is 0.243 e. The minimum atomic E-state index is -3.56. The van der Waals surface area contributed by atoms with Crippen molar-refractivity contribution >= 4 is 21.6 Å². The van der Waals surface area contributed by atoms with Gasteiger partial charge in [0, 0.05) is 17.3 Å². The van der Waals surface area contributed by atoms with Gasteiger partial charge in [0.1, 0.15) is 12.2 Å². The molecule has 0 N–H and O–H groups in total. The van der Waals surface area contributed by atoms with Gasteiger partial charge in [-0.3, -0.25) is 0 Å². The predicted octanol–water partition coefficient (Wildman–Crippen LogP) is 2.06. The highest BCUT2D eigenvalue weighted by molar-refractivity contribution is 7.89. The summed E-state index contributed by atoms with van der Waals surface area (Å²) in [6, 6.07) is 11.3. The van der Waals surface area contributed by atoms with Crippen molar-refractivity contribution in [2.75, 3.05) is 13.1 Å². The Hall–Kier alpha value is -2.14. The van der Waals surface area contributed by atoms with E-state index in [9.17, 15) is 8.42 Å². The number of hydrogen-bond donors (Lipinski definition) is 0. The molecule has 6 nitrogen and oxygen atoms in total. The maximum atomic E-state index is 12.4. The molecule has 1 fully saturated rings. The predicted molar refractivity (Wildman–Crippen MR) is 83.6 cm³/mol. The second kappa shape index (κ2) is 6.16. The first-order valence-electron chi connectivity index (χ1n) is 6.77. The molecule has 1 saturated heterocycles. The average Bonchev–Trinajstić information content (AvgIpc) is 2.51. The highest BCUT2D eigenvalue weighted by Crippen LogP contribution is 2.25. The summed E-state index contributed by atoms with van der Waals surface area (Å²) in [7, 11) is -3.56. The SMILES string of the molecule is N#Cc1ccc(OC2CN(S(=O)(=O)c3cccc(Cl)c3)C2)nc1. The minimum absolute atomic E-state index is 0.167. The number of nitriles is 1. The first-order valence-corrected chi connectivity index (χ1v) is 8.59. The van der Waals surface area contributed by atoms with Gasteiger partial charge < -0.3 is 4.74 Å². The van der Waals surface area contributed by atoms with E-state index in [1.807, 2.05) is 6.07 Å². The van der Waals surface area contributed by atoms with Crippen LogP contribution in [0.1, 0.15) is 5.56 Å². The summed E-state index contributed by atoms with van der Waals surface area (Å²) in [5.74, 6) is 0.369. The Labute approximate surface area is 138 Å². The number of halogens is 1. The summed E-state index contributed by atoms with van der Waals surface area (Å²) in [5, 5.41) is 9.08. The molecule has 1 aliphatic rings. The summed E-state index contributed by atoms with van der Waals surface area (Å²) in [4.78, 5) is 4.16. The molecule has 0 amide bonds. The largest absolute Gasteiger partial charge is 0.472 e. The molecule has 0 saturated carbocycles. The number of benzene rings is 1. The number of rotatable bonds is 4. The lowest BCUT2D eigenvalue weighted by Gasteiger charge is -2.37. The first kappa shape index (κ1) is 15.7. The van der Waals surface area contributed by atoms with E-state index in [0.717, 1.165) is 0 Å². The van der Waals surface area contributed by atoms with Gasteiger partial charge in [0.15, 0.2) is 0 Å². The first-order chi connectivity index (χ1) is 11.0. The van der Waals surface area contributed by atoms with Crippen molar-refractivity contribution in [3.05, 3.63) is 53.2 Å². The Morgan fingerprint density at radius 3 is 2.70 bits per heavy atom.